The van der Waals surface area contributed by atoms with Gasteiger partial charge in [-0.15, -0.1) is 6.58 Å². The Labute approximate surface area is 67.2 Å². The fourth-order valence-electron chi connectivity index (χ4n) is 1.10. The molecule has 0 saturated carbocycles. The van der Waals surface area contributed by atoms with Gasteiger partial charge in [-0.1, -0.05) is 18.2 Å². The SMILES string of the molecule is C=C[C@@H]1OCC/C=C\C[C@@H]1O. The Bertz CT molecular complexity index is 152. The zero-order valence-electron chi connectivity index (χ0n) is 6.57. The standard InChI is InChI=1S/C9H14O2/c1-2-9-8(10)6-4-3-5-7-11-9/h2-4,8-10H,1,5-7H2/b4-3-/t8-,9-/m0/s1. The summed E-state index contributed by atoms with van der Waals surface area (Å²) >= 11 is 0. The molecule has 62 valence electrons. The van der Waals surface area contributed by atoms with Crippen LogP contribution in [0.3, 0.4) is 0 Å². The predicted octanol–water partition coefficient (Wildman–Crippen LogP) is 1.27. The third-order valence-electron chi connectivity index (χ3n) is 1.75. The van der Waals surface area contributed by atoms with Crippen molar-refractivity contribution in [2.75, 3.05) is 6.61 Å². The highest BCUT2D eigenvalue weighted by Gasteiger charge is 2.15. The molecule has 2 heteroatoms. The number of ether oxygens (including phenoxy) is 1. The maximum Gasteiger partial charge on any atom is 0.101 e. The minimum atomic E-state index is -0.427. The van der Waals surface area contributed by atoms with Crippen LogP contribution in [0.2, 0.25) is 0 Å². The molecule has 0 amide bonds. The van der Waals surface area contributed by atoms with Gasteiger partial charge in [0.1, 0.15) is 6.10 Å². The second kappa shape index (κ2) is 4.31. The minimum Gasteiger partial charge on any atom is -0.390 e. The highest BCUT2D eigenvalue weighted by molar-refractivity contribution is 4.94. The molecule has 11 heavy (non-hydrogen) atoms. The van der Waals surface area contributed by atoms with Crippen LogP contribution < -0.4 is 0 Å². The Kier molecular flexibility index (Phi) is 3.33. The molecule has 1 heterocycles. The topological polar surface area (TPSA) is 29.5 Å². The minimum absolute atomic E-state index is 0.194. The van der Waals surface area contributed by atoms with E-state index < -0.39 is 6.10 Å². The Hall–Kier alpha value is -0.600. The lowest BCUT2D eigenvalue weighted by molar-refractivity contribution is -0.00862. The highest BCUT2D eigenvalue weighted by Crippen LogP contribution is 2.09. The molecule has 0 aromatic rings. The van der Waals surface area contributed by atoms with Crippen molar-refractivity contribution < 1.29 is 9.84 Å². The van der Waals surface area contributed by atoms with Gasteiger partial charge >= 0.3 is 0 Å². The molecule has 1 rings (SSSR count). The van der Waals surface area contributed by atoms with Crippen molar-refractivity contribution in [2.24, 2.45) is 0 Å². The summed E-state index contributed by atoms with van der Waals surface area (Å²) in [6.45, 7) is 4.27. The lowest BCUT2D eigenvalue weighted by Crippen LogP contribution is -2.27. The molecule has 0 radical (unpaired) electrons. The number of aliphatic hydroxyl groups is 1. The van der Waals surface area contributed by atoms with E-state index in [0.717, 1.165) is 6.42 Å². The second-order valence-corrected chi connectivity index (χ2v) is 2.63. The fraction of sp³-hybridized carbons (Fsp3) is 0.556. The van der Waals surface area contributed by atoms with E-state index in [1.807, 2.05) is 12.2 Å². The van der Waals surface area contributed by atoms with Crippen LogP contribution in [0.1, 0.15) is 12.8 Å². The smallest absolute Gasteiger partial charge is 0.101 e. The van der Waals surface area contributed by atoms with Crippen LogP contribution in [0.5, 0.6) is 0 Å². The van der Waals surface area contributed by atoms with Crippen molar-refractivity contribution in [3.63, 3.8) is 0 Å². The summed E-state index contributed by atoms with van der Waals surface area (Å²) in [5.74, 6) is 0. The van der Waals surface area contributed by atoms with Crippen LogP contribution in [0.15, 0.2) is 24.8 Å². The molecule has 0 fully saturated rings. The van der Waals surface area contributed by atoms with Crippen LogP contribution >= 0.6 is 0 Å². The summed E-state index contributed by atoms with van der Waals surface area (Å²) in [6.07, 6.45) is 6.65. The summed E-state index contributed by atoms with van der Waals surface area (Å²) in [5, 5.41) is 9.43. The molecule has 2 atom stereocenters. The summed E-state index contributed by atoms with van der Waals surface area (Å²) in [5.41, 5.74) is 0. The molecule has 0 bridgehead atoms. The quantitative estimate of drug-likeness (QED) is 0.576. The molecule has 0 aliphatic carbocycles. The van der Waals surface area contributed by atoms with Crippen LogP contribution in [0, 0.1) is 0 Å². The first-order valence-corrected chi connectivity index (χ1v) is 3.92. The van der Waals surface area contributed by atoms with E-state index in [1.54, 1.807) is 6.08 Å². The van der Waals surface area contributed by atoms with Gasteiger partial charge in [-0.05, 0) is 12.8 Å². The molecule has 0 saturated heterocycles. The normalized spacial score (nSPS) is 35.4. The molecule has 0 spiro atoms. The van der Waals surface area contributed by atoms with Crippen LogP contribution in [0.25, 0.3) is 0 Å². The summed E-state index contributed by atoms with van der Waals surface area (Å²) in [4.78, 5) is 0. The molecule has 1 aliphatic heterocycles. The number of rotatable bonds is 1. The summed E-state index contributed by atoms with van der Waals surface area (Å²) < 4.78 is 5.33. The Morgan fingerprint density at radius 1 is 1.55 bits per heavy atom. The summed E-state index contributed by atoms with van der Waals surface area (Å²) in [6, 6.07) is 0. The third-order valence-corrected chi connectivity index (χ3v) is 1.75. The first-order chi connectivity index (χ1) is 5.34. The molecule has 1 N–H and O–H groups in total. The third kappa shape index (κ3) is 2.48. The average molecular weight is 154 g/mol. The first-order valence-electron chi connectivity index (χ1n) is 3.92. The van der Waals surface area contributed by atoms with Crippen molar-refractivity contribution in [3.8, 4) is 0 Å². The maximum atomic E-state index is 9.43. The van der Waals surface area contributed by atoms with E-state index in [1.165, 1.54) is 0 Å². The predicted molar refractivity (Wildman–Crippen MR) is 44.3 cm³/mol. The maximum absolute atomic E-state index is 9.43. The van der Waals surface area contributed by atoms with Gasteiger partial charge in [-0.3, -0.25) is 0 Å². The largest absolute Gasteiger partial charge is 0.390 e. The van der Waals surface area contributed by atoms with Crippen molar-refractivity contribution in [2.45, 2.75) is 25.0 Å². The lowest BCUT2D eigenvalue weighted by atomic mass is 10.1. The molecular formula is C9H14O2. The number of hydrogen-bond donors (Lipinski definition) is 1. The zero-order valence-corrected chi connectivity index (χ0v) is 6.57. The van der Waals surface area contributed by atoms with Gasteiger partial charge in [0, 0.05) is 0 Å². The van der Waals surface area contributed by atoms with Crippen molar-refractivity contribution in [1.29, 1.82) is 0 Å². The van der Waals surface area contributed by atoms with Crippen LogP contribution in [-0.2, 0) is 4.74 Å². The lowest BCUT2D eigenvalue weighted by Gasteiger charge is -2.20. The molecule has 0 aromatic carbocycles. The molecule has 1 aliphatic rings. The highest BCUT2D eigenvalue weighted by atomic mass is 16.5. The van der Waals surface area contributed by atoms with E-state index in [2.05, 4.69) is 6.58 Å². The molecule has 2 nitrogen and oxygen atoms in total. The first kappa shape index (κ1) is 8.50. The Balaban J connectivity index is 2.50. The summed E-state index contributed by atoms with van der Waals surface area (Å²) in [7, 11) is 0. The zero-order chi connectivity index (χ0) is 8.10. The average Bonchev–Trinajstić information content (AvgIpc) is 1.98. The monoisotopic (exact) mass is 154 g/mol. The van der Waals surface area contributed by atoms with Gasteiger partial charge in [0.25, 0.3) is 0 Å². The van der Waals surface area contributed by atoms with E-state index in [0.29, 0.717) is 13.0 Å². The molecule has 0 aromatic heterocycles. The number of aliphatic hydroxyl groups excluding tert-OH is 1. The number of hydrogen-bond acceptors (Lipinski definition) is 2. The Morgan fingerprint density at radius 3 is 3.09 bits per heavy atom. The Morgan fingerprint density at radius 2 is 2.36 bits per heavy atom. The van der Waals surface area contributed by atoms with Crippen molar-refractivity contribution in [3.05, 3.63) is 24.8 Å². The van der Waals surface area contributed by atoms with Crippen LogP contribution in [0.4, 0.5) is 0 Å². The second-order valence-electron chi connectivity index (χ2n) is 2.63. The van der Waals surface area contributed by atoms with Crippen molar-refractivity contribution in [1.82, 2.24) is 0 Å². The van der Waals surface area contributed by atoms with Crippen LogP contribution in [-0.4, -0.2) is 23.9 Å². The van der Waals surface area contributed by atoms with Gasteiger partial charge in [-0.25, -0.2) is 0 Å². The van der Waals surface area contributed by atoms with E-state index in [9.17, 15) is 5.11 Å². The van der Waals surface area contributed by atoms with Gasteiger partial charge in [0.15, 0.2) is 0 Å². The van der Waals surface area contributed by atoms with Gasteiger partial charge < -0.3 is 9.84 Å². The van der Waals surface area contributed by atoms with E-state index in [-0.39, 0.29) is 6.10 Å². The fourth-order valence-corrected chi connectivity index (χ4v) is 1.10. The van der Waals surface area contributed by atoms with Gasteiger partial charge in [-0.2, -0.15) is 0 Å². The molecular weight excluding hydrogens is 140 g/mol. The van der Waals surface area contributed by atoms with E-state index in [4.69, 9.17) is 4.74 Å². The molecule has 0 unspecified atom stereocenters. The van der Waals surface area contributed by atoms with E-state index >= 15 is 0 Å². The van der Waals surface area contributed by atoms with Crippen molar-refractivity contribution >= 4 is 0 Å². The van der Waals surface area contributed by atoms with Gasteiger partial charge in [0.05, 0.1) is 12.7 Å². The van der Waals surface area contributed by atoms with Gasteiger partial charge in [0.2, 0.25) is 0 Å².